The number of nitrogens with one attached hydrogen (secondary N) is 1. The van der Waals surface area contributed by atoms with Gasteiger partial charge in [-0.15, -0.1) is 0 Å². The maximum Gasteiger partial charge on any atom is 0.255 e. The standard InChI is InChI=1S/C19H23FN4O2/c1-23(2)18-15(4-3-7-21-18)19(25)22-13-14-5-6-17(16(20)12-14)24-8-10-26-11-9-24/h3-7,12H,8-11,13H2,1-2H3,(H,22,25). The Morgan fingerprint density at radius 2 is 2.08 bits per heavy atom. The van der Waals surface area contributed by atoms with E-state index in [-0.39, 0.29) is 18.3 Å². The van der Waals surface area contributed by atoms with Crippen molar-refractivity contribution in [1.29, 1.82) is 0 Å². The van der Waals surface area contributed by atoms with E-state index in [2.05, 4.69) is 10.3 Å². The number of amides is 1. The summed E-state index contributed by atoms with van der Waals surface area (Å²) in [5.74, 6) is 0.0762. The average molecular weight is 358 g/mol. The Kier molecular flexibility index (Phi) is 5.68. The van der Waals surface area contributed by atoms with Crippen LogP contribution in [0.4, 0.5) is 15.9 Å². The highest BCUT2D eigenvalue weighted by Gasteiger charge is 2.16. The fourth-order valence-electron chi connectivity index (χ4n) is 2.93. The monoisotopic (exact) mass is 358 g/mol. The molecule has 1 amide bonds. The van der Waals surface area contributed by atoms with E-state index in [1.165, 1.54) is 6.07 Å². The molecule has 0 radical (unpaired) electrons. The van der Waals surface area contributed by atoms with Gasteiger partial charge in [-0.1, -0.05) is 6.07 Å². The molecule has 0 aliphatic carbocycles. The van der Waals surface area contributed by atoms with Gasteiger partial charge in [0.15, 0.2) is 0 Å². The molecule has 1 N–H and O–H groups in total. The Morgan fingerprint density at radius 1 is 1.31 bits per heavy atom. The SMILES string of the molecule is CN(C)c1ncccc1C(=O)NCc1ccc(N2CCOCC2)c(F)c1. The van der Waals surface area contributed by atoms with Crippen molar-refractivity contribution in [1.82, 2.24) is 10.3 Å². The molecule has 1 aromatic carbocycles. The molecular weight excluding hydrogens is 335 g/mol. The van der Waals surface area contributed by atoms with Crippen molar-refractivity contribution < 1.29 is 13.9 Å². The molecule has 1 fully saturated rings. The Morgan fingerprint density at radius 3 is 2.77 bits per heavy atom. The highest BCUT2D eigenvalue weighted by Crippen LogP contribution is 2.22. The Bertz CT molecular complexity index is 776. The van der Waals surface area contributed by atoms with Crippen LogP contribution in [0.2, 0.25) is 0 Å². The molecule has 0 saturated carbocycles. The fourth-order valence-corrected chi connectivity index (χ4v) is 2.93. The van der Waals surface area contributed by atoms with Crippen molar-refractivity contribution in [3.05, 3.63) is 53.5 Å². The lowest BCUT2D eigenvalue weighted by Crippen LogP contribution is -2.36. The minimum atomic E-state index is -0.283. The molecule has 1 saturated heterocycles. The zero-order chi connectivity index (χ0) is 18.5. The topological polar surface area (TPSA) is 57.7 Å². The molecule has 0 bridgehead atoms. The van der Waals surface area contributed by atoms with Gasteiger partial charge < -0.3 is 19.9 Å². The van der Waals surface area contributed by atoms with Crippen molar-refractivity contribution in [2.75, 3.05) is 50.2 Å². The number of ether oxygens (including phenoxy) is 1. The third-order valence-corrected chi connectivity index (χ3v) is 4.27. The number of nitrogens with zero attached hydrogens (tertiary/aromatic N) is 3. The fraction of sp³-hybridized carbons (Fsp3) is 0.368. The van der Waals surface area contributed by atoms with E-state index >= 15 is 0 Å². The van der Waals surface area contributed by atoms with Crippen molar-refractivity contribution in [2.24, 2.45) is 0 Å². The number of benzene rings is 1. The maximum absolute atomic E-state index is 14.4. The molecule has 2 aromatic rings. The van der Waals surface area contributed by atoms with Gasteiger partial charge in [-0.05, 0) is 29.8 Å². The van der Waals surface area contributed by atoms with Crippen molar-refractivity contribution in [3.63, 3.8) is 0 Å². The lowest BCUT2D eigenvalue weighted by atomic mass is 10.1. The van der Waals surface area contributed by atoms with E-state index in [0.29, 0.717) is 48.9 Å². The molecule has 0 atom stereocenters. The molecule has 0 spiro atoms. The van der Waals surface area contributed by atoms with Crippen molar-refractivity contribution in [2.45, 2.75) is 6.54 Å². The molecule has 1 aliphatic rings. The van der Waals surface area contributed by atoms with Crippen LogP contribution in [0.25, 0.3) is 0 Å². The lowest BCUT2D eigenvalue weighted by molar-refractivity contribution is 0.0951. The minimum Gasteiger partial charge on any atom is -0.378 e. The summed E-state index contributed by atoms with van der Waals surface area (Å²) >= 11 is 0. The Labute approximate surface area is 152 Å². The van der Waals surface area contributed by atoms with Crippen LogP contribution in [0.3, 0.4) is 0 Å². The van der Waals surface area contributed by atoms with E-state index in [9.17, 15) is 9.18 Å². The predicted molar refractivity (Wildman–Crippen MR) is 99.2 cm³/mol. The first-order chi connectivity index (χ1) is 12.6. The first-order valence-corrected chi connectivity index (χ1v) is 8.58. The van der Waals surface area contributed by atoms with Crippen LogP contribution in [0.5, 0.6) is 0 Å². The molecule has 0 unspecified atom stereocenters. The first-order valence-electron chi connectivity index (χ1n) is 8.58. The van der Waals surface area contributed by atoms with Gasteiger partial charge in [-0.2, -0.15) is 0 Å². The quantitative estimate of drug-likeness (QED) is 0.887. The van der Waals surface area contributed by atoms with Gasteiger partial charge >= 0.3 is 0 Å². The predicted octanol–water partition coefficient (Wildman–Crippen LogP) is 2.05. The summed E-state index contributed by atoms with van der Waals surface area (Å²) in [6.45, 7) is 2.83. The van der Waals surface area contributed by atoms with Crippen molar-refractivity contribution >= 4 is 17.4 Å². The van der Waals surface area contributed by atoms with Crippen LogP contribution in [-0.2, 0) is 11.3 Å². The minimum absolute atomic E-state index is 0.237. The van der Waals surface area contributed by atoms with Crippen LogP contribution < -0.4 is 15.1 Å². The highest BCUT2D eigenvalue weighted by atomic mass is 19.1. The number of hydrogen-bond acceptors (Lipinski definition) is 5. The van der Waals surface area contributed by atoms with E-state index in [4.69, 9.17) is 4.74 Å². The largest absolute Gasteiger partial charge is 0.378 e. The zero-order valence-corrected chi connectivity index (χ0v) is 15.0. The van der Waals surface area contributed by atoms with Crippen LogP contribution in [-0.4, -0.2) is 51.3 Å². The number of rotatable bonds is 5. The van der Waals surface area contributed by atoms with E-state index in [1.807, 2.05) is 25.1 Å². The summed E-state index contributed by atoms with van der Waals surface area (Å²) in [5.41, 5.74) is 1.77. The average Bonchev–Trinajstić information content (AvgIpc) is 2.67. The summed E-state index contributed by atoms with van der Waals surface area (Å²) in [6, 6.07) is 8.52. The van der Waals surface area contributed by atoms with E-state index in [1.54, 1.807) is 29.3 Å². The summed E-state index contributed by atoms with van der Waals surface area (Å²) in [7, 11) is 3.66. The smallest absolute Gasteiger partial charge is 0.255 e. The molecule has 1 aliphatic heterocycles. The number of pyridine rings is 1. The van der Waals surface area contributed by atoms with E-state index < -0.39 is 0 Å². The summed E-state index contributed by atoms with van der Waals surface area (Å²) < 4.78 is 19.7. The molecule has 6 nitrogen and oxygen atoms in total. The van der Waals surface area contributed by atoms with Gasteiger partial charge in [-0.25, -0.2) is 9.37 Å². The van der Waals surface area contributed by atoms with Crippen LogP contribution in [0, 0.1) is 5.82 Å². The molecule has 2 heterocycles. The van der Waals surface area contributed by atoms with Gasteiger partial charge in [0, 0.05) is 39.9 Å². The number of anilines is 2. The second-order valence-electron chi connectivity index (χ2n) is 6.34. The lowest BCUT2D eigenvalue weighted by Gasteiger charge is -2.29. The summed E-state index contributed by atoms with van der Waals surface area (Å²) in [5, 5.41) is 2.83. The molecule has 1 aromatic heterocycles. The number of hydrogen-bond donors (Lipinski definition) is 1. The van der Waals surface area contributed by atoms with Crippen molar-refractivity contribution in [3.8, 4) is 0 Å². The van der Waals surface area contributed by atoms with E-state index in [0.717, 1.165) is 0 Å². The summed E-state index contributed by atoms with van der Waals surface area (Å²) in [4.78, 5) is 20.4. The van der Waals surface area contributed by atoms with Gasteiger partial charge in [0.2, 0.25) is 0 Å². The molecule has 3 rings (SSSR count). The Hall–Kier alpha value is -2.67. The Balaban J connectivity index is 1.66. The second kappa shape index (κ2) is 8.14. The molecule has 26 heavy (non-hydrogen) atoms. The van der Waals surface area contributed by atoms with Crippen LogP contribution in [0.15, 0.2) is 36.5 Å². The number of aromatic nitrogens is 1. The van der Waals surface area contributed by atoms with Gasteiger partial charge in [0.1, 0.15) is 11.6 Å². The summed E-state index contributed by atoms with van der Waals surface area (Å²) in [6.07, 6.45) is 1.64. The molecule has 7 heteroatoms. The molecular formula is C19H23FN4O2. The van der Waals surface area contributed by atoms with Crippen LogP contribution >= 0.6 is 0 Å². The number of carbonyl (C=O) groups excluding carboxylic acids is 1. The second-order valence-corrected chi connectivity index (χ2v) is 6.34. The first kappa shape index (κ1) is 18.1. The number of morpholine rings is 1. The van der Waals surface area contributed by atoms with Gasteiger partial charge in [0.05, 0.1) is 24.5 Å². The maximum atomic E-state index is 14.4. The molecule has 138 valence electrons. The third-order valence-electron chi connectivity index (χ3n) is 4.27. The highest BCUT2D eigenvalue weighted by molar-refractivity contribution is 5.98. The third kappa shape index (κ3) is 4.11. The normalized spacial score (nSPS) is 14.2. The zero-order valence-electron chi connectivity index (χ0n) is 15.0. The van der Waals surface area contributed by atoms with Gasteiger partial charge in [-0.3, -0.25) is 4.79 Å². The van der Waals surface area contributed by atoms with Crippen LogP contribution in [0.1, 0.15) is 15.9 Å². The number of halogens is 1. The number of carbonyl (C=O) groups is 1. The van der Waals surface area contributed by atoms with Gasteiger partial charge in [0.25, 0.3) is 5.91 Å².